The molecule has 0 aliphatic heterocycles. The minimum absolute atomic E-state index is 0.422. The molecule has 1 aromatic carbocycles. The maximum atomic E-state index is 11.5. The highest BCUT2D eigenvalue weighted by molar-refractivity contribution is 5.91. The Morgan fingerprint density at radius 2 is 1.90 bits per heavy atom. The third-order valence-electron chi connectivity index (χ3n) is 3.50. The van der Waals surface area contributed by atoms with Gasteiger partial charge in [0, 0.05) is 12.4 Å². The number of pyridine rings is 1. The summed E-state index contributed by atoms with van der Waals surface area (Å²) in [5.41, 5.74) is 4.35. The number of carboxylic acid groups (broad SMARTS) is 1. The number of aromatic nitrogens is 1. The number of aromatic carboxylic acids is 1. The van der Waals surface area contributed by atoms with Crippen molar-refractivity contribution in [2.45, 2.75) is 33.1 Å². The molecule has 104 valence electrons. The van der Waals surface area contributed by atoms with Gasteiger partial charge in [-0.1, -0.05) is 19.4 Å². The molecular formula is C17H19NO2. The number of benzene rings is 1. The normalized spacial score (nSPS) is 10.5. The zero-order chi connectivity index (χ0) is 14.5. The van der Waals surface area contributed by atoms with E-state index in [1.165, 1.54) is 0 Å². The monoisotopic (exact) mass is 269 g/mol. The van der Waals surface area contributed by atoms with Crippen molar-refractivity contribution in [3.8, 4) is 11.1 Å². The van der Waals surface area contributed by atoms with Gasteiger partial charge in [0.15, 0.2) is 0 Å². The number of nitrogens with zero attached hydrogens (tertiary/aromatic N) is 1. The van der Waals surface area contributed by atoms with Gasteiger partial charge in [0.05, 0.1) is 5.56 Å². The predicted molar refractivity (Wildman–Crippen MR) is 80.0 cm³/mol. The van der Waals surface area contributed by atoms with Crippen molar-refractivity contribution in [2.75, 3.05) is 0 Å². The van der Waals surface area contributed by atoms with E-state index in [0.29, 0.717) is 5.56 Å². The molecule has 0 spiro atoms. The lowest BCUT2D eigenvalue weighted by atomic mass is 9.92. The molecule has 2 aromatic rings. The predicted octanol–water partition coefficient (Wildman–Crippen LogP) is 4.10. The molecular weight excluding hydrogens is 250 g/mol. The second-order valence-electron chi connectivity index (χ2n) is 4.96. The third-order valence-corrected chi connectivity index (χ3v) is 3.50. The van der Waals surface area contributed by atoms with Crippen molar-refractivity contribution in [3.63, 3.8) is 0 Å². The number of aryl methyl sites for hydroxylation is 1. The minimum Gasteiger partial charge on any atom is -0.478 e. The van der Waals surface area contributed by atoms with Gasteiger partial charge in [-0.25, -0.2) is 4.79 Å². The van der Waals surface area contributed by atoms with Gasteiger partial charge in [-0.15, -0.1) is 0 Å². The first-order valence-electron chi connectivity index (χ1n) is 6.90. The summed E-state index contributed by atoms with van der Waals surface area (Å²) in [4.78, 5) is 15.5. The quantitative estimate of drug-likeness (QED) is 0.889. The summed E-state index contributed by atoms with van der Waals surface area (Å²) in [5.74, 6) is -0.852. The van der Waals surface area contributed by atoms with Crippen molar-refractivity contribution in [3.05, 3.63) is 53.3 Å². The Kier molecular flexibility index (Phi) is 4.51. The summed E-state index contributed by atoms with van der Waals surface area (Å²) in [6.45, 7) is 4.10. The van der Waals surface area contributed by atoms with Crippen LogP contribution in [0.1, 0.15) is 41.3 Å². The number of hydrogen-bond acceptors (Lipinski definition) is 2. The average Bonchev–Trinajstić information content (AvgIpc) is 2.46. The van der Waals surface area contributed by atoms with E-state index in [2.05, 4.69) is 18.0 Å². The largest absolute Gasteiger partial charge is 0.478 e. The molecule has 0 aliphatic carbocycles. The Balaban J connectivity index is 2.50. The molecule has 0 amide bonds. The van der Waals surface area contributed by atoms with Crippen molar-refractivity contribution in [1.29, 1.82) is 0 Å². The Labute approximate surface area is 119 Å². The van der Waals surface area contributed by atoms with Crippen molar-refractivity contribution in [1.82, 2.24) is 4.98 Å². The second-order valence-corrected chi connectivity index (χ2v) is 4.96. The maximum absolute atomic E-state index is 11.5. The lowest BCUT2D eigenvalue weighted by Crippen LogP contribution is -2.05. The summed E-state index contributed by atoms with van der Waals surface area (Å²) in [6, 6.07) is 7.63. The van der Waals surface area contributed by atoms with Crippen LogP contribution in [-0.2, 0) is 6.42 Å². The van der Waals surface area contributed by atoms with Gasteiger partial charge in [0.25, 0.3) is 0 Å². The van der Waals surface area contributed by atoms with Crippen LogP contribution >= 0.6 is 0 Å². The third kappa shape index (κ3) is 3.05. The van der Waals surface area contributed by atoms with E-state index in [1.807, 2.05) is 19.1 Å². The molecule has 3 nitrogen and oxygen atoms in total. The Morgan fingerprint density at radius 3 is 2.50 bits per heavy atom. The van der Waals surface area contributed by atoms with E-state index in [0.717, 1.165) is 41.5 Å². The van der Waals surface area contributed by atoms with Gasteiger partial charge < -0.3 is 5.11 Å². The van der Waals surface area contributed by atoms with Crippen LogP contribution in [0.2, 0.25) is 0 Å². The number of carbonyl (C=O) groups is 1. The molecule has 0 saturated carbocycles. The van der Waals surface area contributed by atoms with E-state index in [-0.39, 0.29) is 0 Å². The first kappa shape index (κ1) is 14.3. The summed E-state index contributed by atoms with van der Waals surface area (Å²) in [5, 5.41) is 9.45. The Bertz CT molecular complexity index is 606. The fourth-order valence-corrected chi connectivity index (χ4v) is 2.40. The molecule has 0 radical (unpaired) electrons. The highest BCUT2D eigenvalue weighted by Crippen LogP contribution is 2.26. The molecule has 2 rings (SSSR count). The van der Waals surface area contributed by atoms with Crippen LogP contribution in [0.5, 0.6) is 0 Å². The summed E-state index contributed by atoms with van der Waals surface area (Å²) < 4.78 is 0. The Hall–Kier alpha value is -2.16. The topological polar surface area (TPSA) is 50.2 Å². The van der Waals surface area contributed by atoms with Gasteiger partial charge >= 0.3 is 5.97 Å². The Morgan fingerprint density at radius 1 is 1.20 bits per heavy atom. The van der Waals surface area contributed by atoms with Crippen LogP contribution in [0, 0.1) is 6.92 Å². The van der Waals surface area contributed by atoms with Gasteiger partial charge in [0.1, 0.15) is 0 Å². The first-order valence-corrected chi connectivity index (χ1v) is 6.90. The minimum atomic E-state index is -0.852. The smallest absolute Gasteiger partial charge is 0.335 e. The van der Waals surface area contributed by atoms with Crippen LogP contribution in [-0.4, -0.2) is 16.1 Å². The molecule has 1 N–H and O–H groups in total. The molecule has 1 aromatic heterocycles. The van der Waals surface area contributed by atoms with Gasteiger partial charge in [-0.3, -0.25) is 4.98 Å². The van der Waals surface area contributed by atoms with E-state index in [9.17, 15) is 9.90 Å². The summed E-state index contributed by atoms with van der Waals surface area (Å²) in [6.07, 6.45) is 6.33. The van der Waals surface area contributed by atoms with Gasteiger partial charge in [-0.05, 0) is 60.2 Å². The standard InChI is InChI=1S/C17H19NO2/c1-3-4-5-15-12(2)10-14(11-16(15)17(19)20)13-6-8-18-9-7-13/h6-11H,3-5H2,1-2H3,(H,19,20). The fourth-order valence-electron chi connectivity index (χ4n) is 2.40. The van der Waals surface area contributed by atoms with Crippen LogP contribution in [0.3, 0.4) is 0 Å². The average molecular weight is 269 g/mol. The van der Waals surface area contributed by atoms with E-state index in [1.54, 1.807) is 18.5 Å². The van der Waals surface area contributed by atoms with Crippen LogP contribution in [0.25, 0.3) is 11.1 Å². The molecule has 0 saturated heterocycles. The van der Waals surface area contributed by atoms with E-state index >= 15 is 0 Å². The molecule has 0 fully saturated rings. The molecule has 0 atom stereocenters. The number of hydrogen-bond donors (Lipinski definition) is 1. The van der Waals surface area contributed by atoms with Crippen LogP contribution < -0.4 is 0 Å². The summed E-state index contributed by atoms with van der Waals surface area (Å²) in [7, 11) is 0. The maximum Gasteiger partial charge on any atom is 0.335 e. The van der Waals surface area contributed by atoms with Crippen LogP contribution in [0.15, 0.2) is 36.7 Å². The van der Waals surface area contributed by atoms with Gasteiger partial charge in [0.2, 0.25) is 0 Å². The fraction of sp³-hybridized carbons (Fsp3) is 0.294. The van der Waals surface area contributed by atoms with Gasteiger partial charge in [-0.2, -0.15) is 0 Å². The number of rotatable bonds is 5. The van der Waals surface area contributed by atoms with E-state index < -0.39 is 5.97 Å². The van der Waals surface area contributed by atoms with Crippen LogP contribution in [0.4, 0.5) is 0 Å². The highest BCUT2D eigenvalue weighted by Gasteiger charge is 2.14. The molecule has 0 aliphatic rings. The SMILES string of the molecule is CCCCc1c(C)cc(-c2ccncc2)cc1C(=O)O. The number of unbranched alkanes of at least 4 members (excludes halogenated alkanes) is 1. The summed E-state index contributed by atoms with van der Waals surface area (Å²) >= 11 is 0. The molecule has 1 heterocycles. The zero-order valence-electron chi connectivity index (χ0n) is 11.9. The lowest BCUT2D eigenvalue weighted by Gasteiger charge is -2.12. The van der Waals surface area contributed by atoms with Crippen molar-refractivity contribution < 1.29 is 9.90 Å². The second kappa shape index (κ2) is 6.33. The van der Waals surface area contributed by atoms with E-state index in [4.69, 9.17) is 0 Å². The zero-order valence-corrected chi connectivity index (χ0v) is 11.9. The molecule has 20 heavy (non-hydrogen) atoms. The molecule has 3 heteroatoms. The molecule has 0 bridgehead atoms. The van der Waals surface area contributed by atoms with Crippen molar-refractivity contribution >= 4 is 5.97 Å². The molecule has 0 unspecified atom stereocenters. The lowest BCUT2D eigenvalue weighted by molar-refractivity contribution is 0.0695. The number of carboxylic acids is 1. The highest BCUT2D eigenvalue weighted by atomic mass is 16.4. The first-order chi connectivity index (χ1) is 9.63. The van der Waals surface area contributed by atoms with Crippen molar-refractivity contribution in [2.24, 2.45) is 0 Å².